The second-order valence-electron chi connectivity index (χ2n) is 5.29. The van der Waals surface area contributed by atoms with Crippen molar-refractivity contribution in [1.29, 1.82) is 5.26 Å². The zero-order valence-electron chi connectivity index (χ0n) is 13.4. The number of hydrogen-bond acceptors (Lipinski definition) is 6. The van der Waals surface area contributed by atoms with E-state index in [0.29, 0.717) is 23.2 Å². The predicted octanol–water partition coefficient (Wildman–Crippen LogP) is 3.23. The first-order valence-corrected chi connectivity index (χ1v) is 9.80. The van der Waals surface area contributed by atoms with Crippen LogP contribution in [0, 0.1) is 11.3 Å². The fourth-order valence-electron chi connectivity index (χ4n) is 2.50. The summed E-state index contributed by atoms with van der Waals surface area (Å²) in [5.41, 5.74) is 1.61. The number of nitriles is 1. The number of nitrogens with one attached hydrogen (secondary N) is 1. The minimum atomic E-state index is -3.72. The third-order valence-electron chi connectivity index (χ3n) is 3.63. The minimum absolute atomic E-state index is 0.142. The molecule has 0 bridgehead atoms. The number of sulfone groups is 1. The van der Waals surface area contributed by atoms with Crippen LogP contribution in [0.1, 0.15) is 10.4 Å². The molecule has 0 spiro atoms. The Balaban J connectivity index is 2.25. The Morgan fingerprint density at radius 3 is 2.68 bits per heavy atom. The Morgan fingerprint density at radius 1 is 1.20 bits per heavy atom. The van der Waals surface area contributed by atoms with Gasteiger partial charge in [-0.05, 0) is 31.3 Å². The molecule has 0 radical (unpaired) electrons. The van der Waals surface area contributed by atoms with E-state index in [2.05, 4.69) is 16.4 Å². The molecular formula is C18H15N3O2S2. The highest BCUT2D eigenvalue weighted by Gasteiger charge is 2.26. The van der Waals surface area contributed by atoms with Crippen LogP contribution in [0.3, 0.4) is 0 Å². The third-order valence-corrected chi connectivity index (χ3v) is 7.03. The van der Waals surface area contributed by atoms with Crippen molar-refractivity contribution in [3.63, 3.8) is 0 Å². The molecule has 0 fully saturated rings. The summed E-state index contributed by atoms with van der Waals surface area (Å²) >= 11 is 1.21. The summed E-state index contributed by atoms with van der Waals surface area (Å²) in [4.78, 5) is 4.94. The van der Waals surface area contributed by atoms with Crippen LogP contribution in [0.15, 0.2) is 64.0 Å². The summed E-state index contributed by atoms with van der Waals surface area (Å²) in [5, 5.41) is 12.4. The Morgan fingerprint density at radius 2 is 2.00 bits per heavy atom. The van der Waals surface area contributed by atoms with Gasteiger partial charge in [-0.1, -0.05) is 18.2 Å². The highest BCUT2D eigenvalue weighted by atomic mass is 32.2. The number of thiophene rings is 1. The van der Waals surface area contributed by atoms with Crippen molar-refractivity contribution in [2.24, 2.45) is 0 Å². The topological polar surface area (TPSA) is 82.9 Å². The van der Waals surface area contributed by atoms with E-state index in [-0.39, 0.29) is 9.10 Å². The van der Waals surface area contributed by atoms with Crippen molar-refractivity contribution in [2.75, 3.05) is 7.05 Å². The molecule has 5 nitrogen and oxygen atoms in total. The molecule has 3 rings (SSSR count). The smallest absolute Gasteiger partial charge is 0.218 e. The summed E-state index contributed by atoms with van der Waals surface area (Å²) in [7, 11) is -1.92. The molecule has 25 heavy (non-hydrogen) atoms. The van der Waals surface area contributed by atoms with Gasteiger partial charge in [0.05, 0.1) is 16.5 Å². The van der Waals surface area contributed by atoms with E-state index in [4.69, 9.17) is 0 Å². The van der Waals surface area contributed by atoms with E-state index in [1.807, 2.05) is 6.07 Å². The average Bonchev–Trinajstić information content (AvgIpc) is 3.07. The highest BCUT2D eigenvalue weighted by molar-refractivity contribution is 7.93. The summed E-state index contributed by atoms with van der Waals surface area (Å²) in [6, 6.07) is 14.1. The maximum absolute atomic E-state index is 13.1. The van der Waals surface area contributed by atoms with Gasteiger partial charge in [0.2, 0.25) is 9.84 Å². The van der Waals surface area contributed by atoms with Crippen molar-refractivity contribution in [3.05, 3.63) is 65.3 Å². The number of benzene rings is 1. The zero-order valence-corrected chi connectivity index (χ0v) is 15.1. The van der Waals surface area contributed by atoms with Crippen LogP contribution in [0.4, 0.5) is 0 Å². The van der Waals surface area contributed by atoms with Crippen LogP contribution >= 0.6 is 11.3 Å². The minimum Gasteiger partial charge on any atom is -0.315 e. The lowest BCUT2D eigenvalue weighted by Gasteiger charge is -2.07. The lowest BCUT2D eigenvalue weighted by atomic mass is 10.0. The first-order valence-electron chi connectivity index (χ1n) is 7.50. The monoisotopic (exact) mass is 369 g/mol. The molecule has 0 atom stereocenters. The highest BCUT2D eigenvalue weighted by Crippen LogP contribution is 2.39. The van der Waals surface area contributed by atoms with Gasteiger partial charge < -0.3 is 5.32 Å². The standard InChI is InChI=1S/C18H15N3O2S2/c1-20-11-14-9-17(16-7-3-2-5-13(16)10-19)18(24-14)25(22,23)15-6-4-8-21-12-15/h2-9,12,20H,11H2,1H3. The van der Waals surface area contributed by atoms with E-state index >= 15 is 0 Å². The van der Waals surface area contributed by atoms with E-state index in [1.165, 1.54) is 29.8 Å². The van der Waals surface area contributed by atoms with Crippen molar-refractivity contribution >= 4 is 21.2 Å². The van der Waals surface area contributed by atoms with Gasteiger partial charge in [-0.2, -0.15) is 5.26 Å². The van der Waals surface area contributed by atoms with Gasteiger partial charge in [0.15, 0.2) is 0 Å². The molecule has 2 aromatic heterocycles. The molecule has 1 aromatic carbocycles. The molecule has 0 saturated carbocycles. The van der Waals surface area contributed by atoms with Crippen LogP contribution in [-0.2, 0) is 16.4 Å². The average molecular weight is 369 g/mol. The number of pyridine rings is 1. The molecule has 0 amide bonds. The fourth-order valence-corrected chi connectivity index (χ4v) is 5.59. The molecule has 7 heteroatoms. The predicted molar refractivity (Wildman–Crippen MR) is 96.9 cm³/mol. The molecule has 0 aliphatic carbocycles. The van der Waals surface area contributed by atoms with Crippen LogP contribution in [0.5, 0.6) is 0 Å². The van der Waals surface area contributed by atoms with Gasteiger partial charge in [-0.25, -0.2) is 8.42 Å². The van der Waals surface area contributed by atoms with Gasteiger partial charge in [-0.3, -0.25) is 4.98 Å². The van der Waals surface area contributed by atoms with Gasteiger partial charge in [0, 0.05) is 34.9 Å². The van der Waals surface area contributed by atoms with Crippen LogP contribution in [0.2, 0.25) is 0 Å². The summed E-state index contributed by atoms with van der Waals surface area (Å²) in [6.45, 7) is 0.551. The van der Waals surface area contributed by atoms with Crippen molar-refractivity contribution in [3.8, 4) is 17.2 Å². The molecule has 0 unspecified atom stereocenters. The molecule has 0 aliphatic rings. The third kappa shape index (κ3) is 3.33. The Kier molecular flexibility index (Phi) is 4.95. The Bertz CT molecular complexity index is 1040. The van der Waals surface area contributed by atoms with E-state index in [1.54, 1.807) is 37.4 Å². The van der Waals surface area contributed by atoms with Crippen LogP contribution in [-0.4, -0.2) is 20.4 Å². The number of aromatic nitrogens is 1. The maximum atomic E-state index is 13.1. The van der Waals surface area contributed by atoms with Crippen molar-refractivity contribution in [1.82, 2.24) is 10.3 Å². The molecule has 2 heterocycles. The second-order valence-corrected chi connectivity index (χ2v) is 8.58. The lowest BCUT2D eigenvalue weighted by Crippen LogP contribution is -2.03. The second kappa shape index (κ2) is 7.15. The van der Waals surface area contributed by atoms with E-state index in [0.717, 1.165) is 4.88 Å². The zero-order chi connectivity index (χ0) is 17.9. The number of nitrogens with zero attached hydrogens (tertiary/aromatic N) is 2. The molecule has 0 aliphatic heterocycles. The molecule has 126 valence electrons. The van der Waals surface area contributed by atoms with Gasteiger partial charge in [0.25, 0.3) is 0 Å². The van der Waals surface area contributed by atoms with E-state index in [9.17, 15) is 13.7 Å². The van der Waals surface area contributed by atoms with Gasteiger partial charge in [-0.15, -0.1) is 11.3 Å². The molecular weight excluding hydrogens is 354 g/mol. The molecule has 0 saturated heterocycles. The molecule has 1 N–H and O–H groups in total. The maximum Gasteiger partial charge on any atom is 0.218 e. The van der Waals surface area contributed by atoms with Crippen LogP contribution in [0.25, 0.3) is 11.1 Å². The van der Waals surface area contributed by atoms with Gasteiger partial charge >= 0.3 is 0 Å². The van der Waals surface area contributed by atoms with Gasteiger partial charge in [0.1, 0.15) is 4.21 Å². The first-order chi connectivity index (χ1) is 12.1. The normalized spacial score (nSPS) is 11.2. The lowest BCUT2D eigenvalue weighted by molar-refractivity contribution is 0.598. The quantitative estimate of drug-likeness (QED) is 0.746. The molecule has 3 aromatic rings. The van der Waals surface area contributed by atoms with Crippen LogP contribution < -0.4 is 5.32 Å². The van der Waals surface area contributed by atoms with Crippen molar-refractivity contribution < 1.29 is 8.42 Å². The van der Waals surface area contributed by atoms with Crippen molar-refractivity contribution in [2.45, 2.75) is 15.6 Å². The number of rotatable bonds is 5. The summed E-state index contributed by atoms with van der Waals surface area (Å²) < 4.78 is 26.5. The fraction of sp³-hybridized carbons (Fsp3) is 0.111. The Hall–Kier alpha value is -2.53. The van der Waals surface area contributed by atoms with E-state index < -0.39 is 9.84 Å². The summed E-state index contributed by atoms with van der Waals surface area (Å²) in [6.07, 6.45) is 2.87. The first kappa shape index (κ1) is 17.3. The Labute approximate surface area is 150 Å². The largest absolute Gasteiger partial charge is 0.315 e. The SMILES string of the molecule is CNCc1cc(-c2ccccc2C#N)c(S(=O)(=O)c2cccnc2)s1. The number of hydrogen-bond donors (Lipinski definition) is 1. The summed E-state index contributed by atoms with van der Waals surface area (Å²) in [5.74, 6) is 0.